The molecule has 150 valence electrons. The lowest BCUT2D eigenvalue weighted by molar-refractivity contribution is -0.114. The monoisotopic (exact) mass is 417 g/mol. The van der Waals surface area contributed by atoms with Crippen LogP contribution in [0.3, 0.4) is 0 Å². The largest absolute Gasteiger partial charge is 0.326 e. The number of fused-ring (bicyclic) bond motifs is 3. The van der Waals surface area contributed by atoms with Crippen LogP contribution in [0.4, 0.5) is 5.69 Å². The van der Waals surface area contributed by atoms with Crippen LogP contribution in [-0.4, -0.2) is 37.2 Å². The predicted molar refractivity (Wildman–Crippen MR) is 119 cm³/mol. The first-order valence-electron chi connectivity index (χ1n) is 9.33. The van der Waals surface area contributed by atoms with Gasteiger partial charge >= 0.3 is 0 Å². The zero-order valence-electron chi connectivity index (χ0n) is 16.3. The second-order valence-electron chi connectivity index (χ2n) is 6.65. The molecule has 0 spiro atoms. The second-order valence-corrected chi connectivity index (χ2v) is 7.60. The van der Waals surface area contributed by atoms with Crippen molar-refractivity contribution in [2.45, 2.75) is 18.6 Å². The highest BCUT2D eigenvalue weighted by Gasteiger charge is 2.15. The van der Waals surface area contributed by atoms with Crippen molar-refractivity contribution in [2.75, 3.05) is 11.1 Å². The van der Waals surface area contributed by atoms with Gasteiger partial charge in [0.15, 0.2) is 11.4 Å². The van der Waals surface area contributed by atoms with Gasteiger partial charge in [-0.25, -0.2) is 4.98 Å². The van der Waals surface area contributed by atoms with E-state index in [1.54, 1.807) is 24.3 Å². The molecule has 7 nitrogen and oxygen atoms in total. The van der Waals surface area contributed by atoms with Gasteiger partial charge in [-0.2, -0.15) is 0 Å². The van der Waals surface area contributed by atoms with Crippen LogP contribution in [0.5, 0.6) is 0 Å². The molecule has 8 heteroatoms. The first-order valence-corrected chi connectivity index (χ1v) is 10.3. The van der Waals surface area contributed by atoms with E-state index < -0.39 is 0 Å². The van der Waals surface area contributed by atoms with Crippen LogP contribution in [0.25, 0.3) is 22.1 Å². The summed E-state index contributed by atoms with van der Waals surface area (Å²) in [4.78, 5) is 28.3. The van der Waals surface area contributed by atoms with Gasteiger partial charge in [-0.15, -0.1) is 16.8 Å². The number of benzene rings is 2. The lowest BCUT2D eigenvalue weighted by Gasteiger charge is -2.05. The predicted octanol–water partition coefficient (Wildman–Crippen LogP) is 4.10. The Morgan fingerprint density at radius 2 is 1.90 bits per heavy atom. The number of nitrogens with zero attached hydrogens (tertiary/aromatic N) is 4. The fourth-order valence-electron chi connectivity index (χ4n) is 3.22. The first kappa shape index (κ1) is 19.8. The van der Waals surface area contributed by atoms with Crippen molar-refractivity contribution in [3.05, 3.63) is 66.7 Å². The number of hydrogen-bond donors (Lipinski definition) is 1. The molecule has 0 saturated carbocycles. The highest BCUT2D eigenvalue weighted by molar-refractivity contribution is 7.99. The van der Waals surface area contributed by atoms with Crippen LogP contribution >= 0.6 is 11.8 Å². The van der Waals surface area contributed by atoms with Crippen LogP contribution < -0.4 is 5.32 Å². The molecule has 0 unspecified atom stereocenters. The van der Waals surface area contributed by atoms with Crippen molar-refractivity contribution < 1.29 is 9.59 Å². The molecule has 0 aliphatic carbocycles. The minimum Gasteiger partial charge on any atom is -0.326 e. The Morgan fingerprint density at radius 1 is 1.13 bits per heavy atom. The third-order valence-electron chi connectivity index (χ3n) is 4.53. The van der Waals surface area contributed by atoms with Gasteiger partial charge in [0.1, 0.15) is 5.52 Å². The van der Waals surface area contributed by atoms with Crippen molar-refractivity contribution in [3.8, 4) is 0 Å². The molecule has 1 N–H and O–H groups in total. The van der Waals surface area contributed by atoms with Gasteiger partial charge in [0.2, 0.25) is 11.1 Å². The molecular formula is C22H19N5O2S. The van der Waals surface area contributed by atoms with E-state index in [1.807, 2.05) is 34.9 Å². The van der Waals surface area contributed by atoms with E-state index in [0.29, 0.717) is 23.0 Å². The normalized spacial score (nSPS) is 11.0. The zero-order valence-corrected chi connectivity index (χ0v) is 17.1. The number of nitrogens with one attached hydrogen (secondary N) is 1. The van der Waals surface area contributed by atoms with Gasteiger partial charge in [0, 0.05) is 30.1 Å². The van der Waals surface area contributed by atoms with Crippen molar-refractivity contribution in [1.82, 2.24) is 19.7 Å². The Hall–Kier alpha value is -3.52. The number of aromatic nitrogens is 4. The number of carbonyl (C=O) groups excluding carboxylic acids is 2. The molecule has 2 aromatic heterocycles. The Bertz CT molecular complexity index is 1260. The number of amides is 1. The summed E-state index contributed by atoms with van der Waals surface area (Å²) < 4.78 is 2.04. The van der Waals surface area contributed by atoms with Crippen LogP contribution in [0.15, 0.2) is 66.3 Å². The summed E-state index contributed by atoms with van der Waals surface area (Å²) in [6, 6.07) is 14.7. The second kappa shape index (κ2) is 8.46. The Morgan fingerprint density at radius 3 is 2.63 bits per heavy atom. The number of para-hydroxylation sites is 1. The number of hydrogen-bond acceptors (Lipinski definition) is 6. The SMILES string of the molecule is C=CCn1c2ccccc2c2nnc(SCC(=O)c3ccc(NC(C)=O)cc3)nc21. The molecule has 0 saturated heterocycles. The molecule has 30 heavy (non-hydrogen) atoms. The molecule has 4 aromatic rings. The molecule has 2 aromatic carbocycles. The van der Waals surface area contributed by atoms with Gasteiger partial charge in [-0.3, -0.25) is 9.59 Å². The minimum atomic E-state index is -0.154. The molecule has 0 aliphatic rings. The maximum Gasteiger partial charge on any atom is 0.221 e. The number of Topliss-reactive ketones (excluding diaryl/α,β-unsaturated/α-hetero) is 1. The van der Waals surface area contributed by atoms with Gasteiger partial charge in [-0.05, 0) is 30.3 Å². The molecule has 0 atom stereocenters. The highest BCUT2D eigenvalue weighted by atomic mass is 32.2. The zero-order chi connectivity index (χ0) is 21.1. The van der Waals surface area contributed by atoms with Crippen molar-refractivity contribution >= 4 is 51.2 Å². The Kier molecular flexibility index (Phi) is 5.58. The van der Waals surface area contributed by atoms with E-state index in [0.717, 1.165) is 22.1 Å². The average molecular weight is 417 g/mol. The highest BCUT2D eigenvalue weighted by Crippen LogP contribution is 2.27. The fraction of sp³-hybridized carbons (Fsp3) is 0.136. The maximum absolute atomic E-state index is 12.5. The van der Waals surface area contributed by atoms with Gasteiger partial charge in [0.05, 0.1) is 11.3 Å². The van der Waals surface area contributed by atoms with E-state index in [-0.39, 0.29) is 17.4 Å². The van der Waals surface area contributed by atoms with Crippen LogP contribution in [0.2, 0.25) is 0 Å². The van der Waals surface area contributed by atoms with Crippen LogP contribution in [0.1, 0.15) is 17.3 Å². The summed E-state index contributed by atoms with van der Waals surface area (Å²) in [5.41, 5.74) is 3.69. The summed E-state index contributed by atoms with van der Waals surface area (Å²) >= 11 is 1.25. The minimum absolute atomic E-state index is 0.0512. The lowest BCUT2D eigenvalue weighted by atomic mass is 10.1. The van der Waals surface area contributed by atoms with Gasteiger partial charge in [0.25, 0.3) is 0 Å². The molecular weight excluding hydrogens is 398 g/mol. The van der Waals surface area contributed by atoms with Crippen LogP contribution in [0, 0.1) is 0 Å². The molecule has 4 rings (SSSR count). The summed E-state index contributed by atoms with van der Waals surface area (Å²) in [7, 11) is 0. The third-order valence-corrected chi connectivity index (χ3v) is 5.36. The molecule has 1 amide bonds. The maximum atomic E-state index is 12.5. The number of rotatable bonds is 7. The van der Waals surface area contributed by atoms with E-state index in [1.165, 1.54) is 18.7 Å². The Labute approximate surface area is 177 Å². The first-order chi connectivity index (χ1) is 14.6. The molecule has 0 radical (unpaired) electrons. The van der Waals surface area contributed by atoms with Crippen LogP contribution in [-0.2, 0) is 11.3 Å². The van der Waals surface area contributed by atoms with E-state index in [2.05, 4.69) is 27.1 Å². The molecule has 2 heterocycles. The average Bonchev–Trinajstić information content (AvgIpc) is 3.06. The number of anilines is 1. The number of ketones is 1. The number of allylic oxidation sites excluding steroid dienone is 1. The number of thioether (sulfide) groups is 1. The molecule has 0 aliphatic heterocycles. The third kappa shape index (κ3) is 3.95. The standard InChI is InChI=1S/C22H19N5O2S/c1-3-12-27-18-7-5-4-6-17(18)20-21(27)24-22(26-25-20)30-13-19(29)15-8-10-16(11-9-15)23-14(2)28/h3-11H,1,12-13H2,2H3,(H,23,28). The summed E-state index contributed by atoms with van der Waals surface area (Å²) in [5, 5.41) is 12.7. The Balaban J connectivity index is 1.54. The van der Waals surface area contributed by atoms with Crippen molar-refractivity contribution in [3.63, 3.8) is 0 Å². The van der Waals surface area contributed by atoms with Gasteiger partial charge < -0.3 is 9.88 Å². The molecule has 0 bridgehead atoms. The summed E-state index contributed by atoms with van der Waals surface area (Å²) in [6.07, 6.45) is 1.81. The van der Waals surface area contributed by atoms with Crippen molar-refractivity contribution in [1.29, 1.82) is 0 Å². The quantitative estimate of drug-likeness (QED) is 0.277. The fourth-order valence-corrected chi connectivity index (χ4v) is 3.90. The summed E-state index contributed by atoms with van der Waals surface area (Å²) in [5.74, 6) is -0.0165. The summed E-state index contributed by atoms with van der Waals surface area (Å²) in [6.45, 7) is 5.87. The lowest BCUT2D eigenvalue weighted by Crippen LogP contribution is -2.07. The smallest absolute Gasteiger partial charge is 0.221 e. The van der Waals surface area contributed by atoms with Crippen molar-refractivity contribution in [2.24, 2.45) is 0 Å². The van der Waals surface area contributed by atoms with E-state index in [4.69, 9.17) is 0 Å². The topological polar surface area (TPSA) is 89.8 Å². The van der Waals surface area contributed by atoms with E-state index in [9.17, 15) is 9.59 Å². The molecule has 0 fully saturated rings. The number of carbonyl (C=O) groups is 2. The van der Waals surface area contributed by atoms with E-state index >= 15 is 0 Å². The van der Waals surface area contributed by atoms with Gasteiger partial charge in [-0.1, -0.05) is 36.0 Å².